The van der Waals surface area contributed by atoms with Crippen LogP contribution >= 0.6 is 0 Å². The van der Waals surface area contributed by atoms with Crippen LogP contribution in [0.1, 0.15) is 18.9 Å². The number of rotatable bonds is 5. The van der Waals surface area contributed by atoms with Crippen LogP contribution in [0, 0.1) is 10.1 Å². The first kappa shape index (κ1) is 12.9. The topological polar surface area (TPSA) is 69.4 Å². The number of non-ortho nitro benzene ring substituents is 1. The highest BCUT2D eigenvalue weighted by atomic mass is 16.6. The molecular formula is C12H13NO4. The summed E-state index contributed by atoms with van der Waals surface area (Å²) >= 11 is 0. The molecule has 0 spiro atoms. The molecule has 1 aromatic carbocycles. The first-order chi connectivity index (χ1) is 8.13. The molecule has 0 N–H and O–H groups in total. The van der Waals surface area contributed by atoms with Crippen molar-refractivity contribution in [2.45, 2.75) is 13.3 Å². The summed E-state index contributed by atoms with van der Waals surface area (Å²) in [6.45, 7) is 2.27. The summed E-state index contributed by atoms with van der Waals surface area (Å²) in [6, 6.07) is 6.03. The number of esters is 1. The van der Waals surface area contributed by atoms with E-state index in [1.165, 1.54) is 24.3 Å². The molecule has 17 heavy (non-hydrogen) atoms. The maximum atomic E-state index is 11.2. The molecule has 5 nitrogen and oxygen atoms in total. The zero-order valence-corrected chi connectivity index (χ0v) is 9.46. The van der Waals surface area contributed by atoms with Gasteiger partial charge in [-0.05, 0) is 18.1 Å². The molecule has 1 rings (SSSR count). The molecule has 90 valence electrons. The normalized spacial score (nSPS) is 10.4. The van der Waals surface area contributed by atoms with Crippen LogP contribution in [0.2, 0.25) is 0 Å². The largest absolute Gasteiger partial charge is 0.463 e. The van der Waals surface area contributed by atoms with E-state index in [2.05, 4.69) is 0 Å². The number of hydrogen-bond donors (Lipinski definition) is 0. The average Bonchev–Trinajstić information content (AvgIpc) is 2.34. The Kier molecular flexibility index (Phi) is 4.87. The number of ether oxygens (including phenoxy) is 1. The molecule has 0 saturated heterocycles. The fourth-order valence-electron chi connectivity index (χ4n) is 1.16. The van der Waals surface area contributed by atoms with E-state index in [-0.39, 0.29) is 5.69 Å². The van der Waals surface area contributed by atoms with Gasteiger partial charge in [0.25, 0.3) is 5.69 Å². The van der Waals surface area contributed by atoms with E-state index >= 15 is 0 Å². The number of hydrogen-bond acceptors (Lipinski definition) is 4. The first-order valence-corrected chi connectivity index (χ1v) is 5.22. The van der Waals surface area contributed by atoms with Crippen molar-refractivity contribution in [2.75, 3.05) is 6.61 Å². The molecule has 0 aromatic heterocycles. The van der Waals surface area contributed by atoms with E-state index in [0.717, 1.165) is 6.42 Å². The summed E-state index contributed by atoms with van der Waals surface area (Å²) < 4.78 is 4.83. The number of nitro groups is 1. The van der Waals surface area contributed by atoms with Gasteiger partial charge in [-0.1, -0.05) is 19.1 Å². The van der Waals surface area contributed by atoms with Crippen molar-refractivity contribution >= 4 is 17.7 Å². The van der Waals surface area contributed by atoms with Crippen LogP contribution in [-0.4, -0.2) is 17.5 Å². The molecule has 0 fully saturated rings. The molecular weight excluding hydrogens is 222 g/mol. The lowest BCUT2D eigenvalue weighted by Crippen LogP contribution is -2.00. The molecule has 0 amide bonds. The van der Waals surface area contributed by atoms with Crippen LogP contribution in [0.3, 0.4) is 0 Å². The van der Waals surface area contributed by atoms with E-state index in [9.17, 15) is 14.9 Å². The van der Waals surface area contributed by atoms with Gasteiger partial charge in [-0.15, -0.1) is 0 Å². The lowest BCUT2D eigenvalue weighted by atomic mass is 10.2. The Morgan fingerprint density at radius 1 is 1.53 bits per heavy atom. The molecule has 0 atom stereocenters. The molecule has 0 saturated carbocycles. The molecule has 1 aromatic rings. The Morgan fingerprint density at radius 2 is 2.29 bits per heavy atom. The highest BCUT2D eigenvalue weighted by molar-refractivity contribution is 5.87. The number of nitrogens with zero attached hydrogens (tertiary/aromatic N) is 1. The van der Waals surface area contributed by atoms with Gasteiger partial charge in [-0.25, -0.2) is 4.79 Å². The zero-order valence-electron chi connectivity index (χ0n) is 9.46. The van der Waals surface area contributed by atoms with E-state index in [0.29, 0.717) is 12.2 Å². The Hall–Kier alpha value is -2.17. The number of nitro benzene ring substituents is 1. The summed E-state index contributed by atoms with van der Waals surface area (Å²) in [5, 5.41) is 10.5. The minimum absolute atomic E-state index is 0.00549. The smallest absolute Gasteiger partial charge is 0.330 e. The highest BCUT2D eigenvalue weighted by Gasteiger charge is 2.04. The van der Waals surface area contributed by atoms with Gasteiger partial charge in [0.15, 0.2) is 0 Å². The molecule has 0 aliphatic rings. The van der Waals surface area contributed by atoms with Gasteiger partial charge < -0.3 is 4.74 Å². The molecule has 0 radical (unpaired) electrons. The highest BCUT2D eigenvalue weighted by Crippen LogP contribution is 2.14. The second-order valence-corrected chi connectivity index (χ2v) is 3.35. The van der Waals surface area contributed by atoms with Crippen molar-refractivity contribution in [2.24, 2.45) is 0 Å². The molecule has 0 bridgehead atoms. The summed E-state index contributed by atoms with van der Waals surface area (Å²) in [6.07, 6.45) is 3.51. The van der Waals surface area contributed by atoms with Crippen LogP contribution < -0.4 is 0 Å². The number of carbonyl (C=O) groups excluding carboxylic acids is 1. The molecule has 0 unspecified atom stereocenters. The van der Waals surface area contributed by atoms with Crippen LogP contribution in [0.25, 0.3) is 6.08 Å². The second-order valence-electron chi connectivity index (χ2n) is 3.35. The minimum atomic E-state index is -0.479. The number of benzene rings is 1. The van der Waals surface area contributed by atoms with Gasteiger partial charge in [0.2, 0.25) is 0 Å². The van der Waals surface area contributed by atoms with Gasteiger partial charge in [-0.2, -0.15) is 0 Å². The summed E-state index contributed by atoms with van der Waals surface area (Å²) in [5.41, 5.74) is 0.585. The van der Waals surface area contributed by atoms with Crippen molar-refractivity contribution in [3.8, 4) is 0 Å². The Labute approximate surface area is 98.9 Å². The van der Waals surface area contributed by atoms with E-state index in [1.54, 1.807) is 12.1 Å². The van der Waals surface area contributed by atoms with Crippen LogP contribution in [-0.2, 0) is 9.53 Å². The summed E-state index contributed by atoms with van der Waals surface area (Å²) in [7, 11) is 0. The van der Waals surface area contributed by atoms with Gasteiger partial charge in [0.1, 0.15) is 0 Å². The quantitative estimate of drug-likeness (QED) is 0.340. The third-order valence-electron chi connectivity index (χ3n) is 1.94. The molecule has 5 heteroatoms. The monoisotopic (exact) mass is 235 g/mol. The number of carbonyl (C=O) groups is 1. The minimum Gasteiger partial charge on any atom is -0.463 e. The van der Waals surface area contributed by atoms with E-state index in [4.69, 9.17) is 4.74 Å². The van der Waals surface area contributed by atoms with Crippen molar-refractivity contribution in [1.29, 1.82) is 0 Å². The Balaban J connectivity index is 2.68. The lowest BCUT2D eigenvalue weighted by Gasteiger charge is -1.97. The van der Waals surface area contributed by atoms with Crippen LogP contribution in [0.15, 0.2) is 30.3 Å². The van der Waals surface area contributed by atoms with Crippen molar-refractivity contribution in [1.82, 2.24) is 0 Å². The van der Waals surface area contributed by atoms with Gasteiger partial charge in [0.05, 0.1) is 11.5 Å². The third-order valence-corrected chi connectivity index (χ3v) is 1.94. The second kappa shape index (κ2) is 6.42. The van der Waals surface area contributed by atoms with Crippen molar-refractivity contribution < 1.29 is 14.5 Å². The summed E-state index contributed by atoms with van der Waals surface area (Å²) in [4.78, 5) is 21.2. The zero-order chi connectivity index (χ0) is 12.7. The molecule has 0 heterocycles. The van der Waals surface area contributed by atoms with E-state index in [1.807, 2.05) is 6.92 Å². The van der Waals surface area contributed by atoms with Gasteiger partial charge >= 0.3 is 5.97 Å². The fraction of sp³-hybridized carbons (Fsp3) is 0.250. The first-order valence-electron chi connectivity index (χ1n) is 5.22. The molecule has 0 aliphatic carbocycles. The van der Waals surface area contributed by atoms with E-state index < -0.39 is 10.9 Å². The molecule has 0 aliphatic heterocycles. The van der Waals surface area contributed by atoms with Crippen LogP contribution in [0.4, 0.5) is 5.69 Å². The van der Waals surface area contributed by atoms with Crippen LogP contribution in [0.5, 0.6) is 0 Å². The fourth-order valence-corrected chi connectivity index (χ4v) is 1.16. The maximum Gasteiger partial charge on any atom is 0.330 e. The lowest BCUT2D eigenvalue weighted by molar-refractivity contribution is -0.384. The Bertz CT molecular complexity index is 440. The van der Waals surface area contributed by atoms with Gasteiger partial charge in [-0.3, -0.25) is 10.1 Å². The van der Waals surface area contributed by atoms with Crippen molar-refractivity contribution in [3.63, 3.8) is 0 Å². The predicted octanol–water partition coefficient (Wildman–Crippen LogP) is 2.56. The van der Waals surface area contributed by atoms with Crippen molar-refractivity contribution in [3.05, 3.63) is 46.0 Å². The SMILES string of the molecule is CCCOC(=O)/C=C/c1cccc([N+](=O)[O-])c1. The maximum absolute atomic E-state index is 11.2. The Morgan fingerprint density at radius 3 is 2.94 bits per heavy atom. The third kappa shape index (κ3) is 4.46. The average molecular weight is 235 g/mol. The van der Waals surface area contributed by atoms with Gasteiger partial charge in [0, 0.05) is 18.2 Å². The summed E-state index contributed by atoms with van der Waals surface area (Å²) in [5.74, 6) is -0.446. The standard InChI is InChI=1S/C12H13NO4/c1-2-8-17-12(14)7-6-10-4-3-5-11(9-10)13(15)16/h3-7,9H,2,8H2,1H3/b7-6+. The predicted molar refractivity (Wildman–Crippen MR) is 63.4 cm³/mol.